The number of nitrogens with one attached hydrogen (secondary N) is 1. The van der Waals surface area contributed by atoms with Gasteiger partial charge in [0.05, 0.1) is 11.6 Å². The van der Waals surface area contributed by atoms with Crippen molar-refractivity contribution in [1.82, 2.24) is 20.2 Å². The summed E-state index contributed by atoms with van der Waals surface area (Å²) in [5, 5.41) is 8.01. The first kappa shape index (κ1) is 12.3. The molecule has 1 aliphatic heterocycles. The Hall–Kier alpha value is -1.69. The summed E-state index contributed by atoms with van der Waals surface area (Å²) in [5.74, 6) is 1.80. The van der Waals surface area contributed by atoms with Crippen LogP contribution in [0, 0.1) is 6.92 Å². The highest BCUT2D eigenvalue weighted by molar-refractivity contribution is 5.87. The van der Waals surface area contributed by atoms with Gasteiger partial charge in [-0.3, -0.25) is 5.10 Å². The van der Waals surface area contributed by atoms with E-state index in [-0.39, 0.29) is 0 Å². The monoisotopic (exact) mass is 261 g/mol. The predicted octanol–water partition coefficient (Wildman–Crippen LogP) is 1.67. The molecule has 2 aromatic heterocycles. The summed E-state index contributed by atoms with van der Waals surface area (Å²) >= 11 is 0. The number of rotatable bonds is 5. The van der Waals surface area contributed by atoms with E-state index in [9.17, 15) is 0 Å². The molecule has 0 aliphatic carbocycles. The lowest BCUT2D eigenvalue weighted by atomic mass is 9.98. The molecule has 0 spiro atoms. The van der Waals surface area contributed by atoms with Crippen molar-refractivity contribution in [3.8, 4) is 0 Å². The van der Waals surface area contributed by atoms with Crippen LogP contribution in [0.2, 0.25) is 0 Å². The van der Waals surface area contributed by atoms with E-state index < -0.39 is 0 Å². The van der Waals surface area contributed by atoms with Gasteiger partial charge >= 0.3 is 0 Å². The summed E-state index contributed by atoms with van der Waals surface area (Å²) in [6.45, 7) is 3.81. The molecule has 1 atom stereocenters. The van der Waals surface area contributed by atoms with Gasteiger partial charge in [-0.05, 0) is 26.2 Å². The van der Waals surface area contributed by atoms with Crippen LogP contribution < -0.4 is 4.90 Å². The number of hydrogen-bond donors (Lipinski definition) is 1. The van der Waals surface area contributed by atoms with E-state index in [4.69, 9.17) is 4.74 Å². The molecule has 2 aromatic rings. The third-order valence-electron chi connectivity index (χ3n) is 3.70. The van der Waals surface area contributed by atoms with Crippen molar-refractivity contribution in [3.63, 3.8) is 0 Å². The Labute approximate surface area is 112 Å². The molecule has 1 unspecified atom stereocenters. The fraction of sp³-hybridized carbons (Fsp3) is 0.615. The van der Waals surface area contributed by atoms with Crippen molar-refractivity contribution in [2.24, 2.45) is 0 Å². The van der Waals surface area contributed by atoms with Crippen LogP contribution in [0.15, 0.2) is 6.20 Å². The van der Waals surface area contributed by atoms with Crippen LogP contribution in [0.3, 0.4) is 0 Å². The van der Waals surface area contributed by atoms with Gasteiger partial charge in [-0.25, -0.2) is 9.97 Å². The van der Waals surface area contributed by atoms with Gasteiger partial charge in [-0.1, -0.05) is 0 Å². The van der Waals surface area contributed by atoms with Gasteiger partial charge in [0.25, 0.3) is 0 Å². The number of aromatic nitrogens is 4. The Kier molecular flexibility index (Phi) is 3.33. The number of hydrogen-bond acceptors (Lipinski definition) is 5. The number of H-pyrrole nitrogens is 1. The molecule has 0 amide bonds. The second-order valence-electron chi connectivity index (χ2n) is 5.00. The van der Waals surface area contributed by atoms with Gasteiger partial charge in [-0.15, -0.1) is 0 Å². The molecule has 1 aliphatic rings. The second kappa shape index (κ2) is 5.13. The molecule has 6 heteroatoms. The number of aryl methyl sites for hydroxylation is 1. The zero-order valence-electron chi connectivity index (χ0n) is 11.4. The number of ether oxygens (including phenoxy) is 1. The van der Waals surface area contributed by atoms with Crippen LogP contribution >= 0.6 is 0 Å². The van der Waals surface area contributed by atoms with Gasteiger partial charge in [0, 0.05) is 26.3 Å². The summed E-state index contributed by atoms with van der Waals surface area (Å²) in [7, 11) is 1.75. The van der Waals surface area contributed by atoms with Gasteiger partial charge in [0.1, 0.15) is 11.6 Å². The number of fused-ring (bicyclic) bond motifs is 1. The van der Waals surface area contributed by atoms with E-state index in [0.717, 1.165) is 48.7 Å². The van der Waals surface area contributed by atoms with Crippen molar-refractivity contribution >= 4 is 16.9 Å². The fourth-order valence-corrected chi connectivity index (χ4v) is 2.63. The smallest absolute Gasteiger partial charge is 0.161 e. The standard InChI is InChI=1S/C13H19N5O/c1-9-15-12-11(8-14-17-12)13(16-9)18-6-5-10(18)4-3-7-19-2/h8,10H,3-7H2,1-2H3,(H,14,15,16,17). The molecule has 0 radical (unpaired) electrons. The average molecular weight is 261 g/mol. The zero-order valence-corrected chi connectivity index (χ0v) is 11.4. The molecule has 1 N–H and O–H groups in total. The van der Waals surface area contributed by atoms with Crippen LogP contribution in [0.1, 0.15) is 25.1 Å². The van der Waals surface area contributed by atoms with Crippen LogP contribution in [-0.2, 0) is 4.74 Å². The van der Waals surface area contributed by atoms with E-state index >= 15 is 0 Å². The summed E-state index contributed by atoms with van der Waals surface area (Å²) < 4.78 is 5.12. The minimum atomic E-state index is 0.572. The van der Waals surface area contributed by atoms with E-state index in [1.807, 2.05) is 13.1 Å². The summed E-state index contributed by atoms with van der Waals surface area (Å²) in [4.78, 5) is 11.3. The van der Waals surface area contributed by atoms with Crippen LogP contribution in [0.25, 0.3) is 11.0 Å². The first-order chi connectivity index (χ1) is 9.29. The van der Waals surface area contributed by atoms with Crippen LogP contribution in [0.5, 0.6) is 0 Å². The summed E-state index contributed by atoms with van der Waals surface area (Å²) in [6, 6.07) is 0.572. The Bertz CT molecular complexity index is 567. The average Bonchev–Trinajstić information content (AvgIpc) is 2.81. The molecular formula is C13H19N5O. The van der Waals surface area contributed by atoms with E-state index in [1.54, 1.807) is 7.11 Å². The molecule has 0 bridgehead atoms. The predicted molar refractivity (Wildman–Crippen MR) is 73.3 cm³/mol. The first-order valence-electron chi connectivity index (χ1n) is 6.73. The van der Waals surface area contributed by atoms with E-state index in [2.05, 4.69) is 25.1 Å². The highest BCUT2D eigenvalue weighted by Crippen LogP contribution is 2.32. The van der Waals surface area contributed by atoms with Crippen molar-refractivity contribution in [2.45, 2.75) is 32.2 Å². The Balaban J connectivity index is 1.81. The molecule has 1 saturated heterocycles. The highest BCUT2D eigenvalue weighted by Gasteiger charge is 2.30. The Morgan fingerprint density at radius 3 is 3.11 bits per heavy atom. The van der Waals surface area contributed by atoms with Gasteiger partial charge in [0.2, 0.25) is 0 Å². The number of anilines is 1. The molecule has 0 aromatic carbocycles. The molecule has 0 saturated carbocycles. The lowest BCUT2D eigenvalue weighted by Crippen LogP contribution is -2.48. The number of nitrogens with zero attached hydrogens (tertiary/aromatic N) is 4. The Morgan fingerprint density at radius 2 is 2.37 bits per heavy atom. The molecule has 6 nitrogen and oxygen atoms in total. The molecular weight excluding hydrogens is 242 g/mol. The SMILES string of the molecule is COCCCC1CCN1c1nc(C)nc2[nH]ncc12. The molecule has 19 heavy (non-hydrogen) atoms. The lowest BCUT2D eigenvalue weighted by Gasteiger charge is -2.42. The van der Waals surface area contributed by atoms with Crippen molar-refractivity contribution in [3.05, 3.63) is 12.0 Å². The number of aromatic amines is 1. The maximum atomic E-state index is 5.12. The zero-order chi connectivity index (χ0) is 13.2. The molecule has 102 valence electrons. The number of methoxy groups -OCH3 is 1. The van der Waals surface area contributed by atoms with Crippen molar-refractivity contribution in [1.29, 1.82) is 0 Å². The maximum Gasteiger partial charge on any atom is 0.161 e. The van der Waals surface area contributed by atoms with Gasteiger partial charge in [0.15, 0.2) is 5.65 Å². The van der Waals surface area contributed by atoms with Gasteiger partial charge in [-0.2, -0.15) is 5.10 Å². The Morgan fingerprint density at radius 1 is 1.47 bits per heavy atom. The third-order valence-corrected chi connectivity index (χ3v) is 3.70. The molecule has 3 rings (SSSR count). The lowest BCUT2D eigenvalue weighted by molar-refractivity contribution is 0.187. The normalized spacial score (nSPS) is 18.8. The summed E-state index contributed by atoms with van der Waals surface area (Å²) in [6.07, 6.45) is 5.28. The molecule has 1 fully saturated rings. The second-order valence-corrected chi connectivity index (χ2v) is 5.00. The minimum absolute atomic E-state index is 0.572. The summed E-state index contributed by atoms with van der Waals surface area (Å²) in [5.41, 5.74) is 0.824. The van der Waals surface area contributed by atoms with Crippen LogP contribution in [-0.4, -0.2) is 46.5 Å². The highest BCUT2D eigenvalue weighted by atomic mass is 16.5. The quantitative estimate of drug-likeness (QED) is 0.829. The first-order valence-corrected chi connectivity index (χ1v) is 6.73. The van der Waals surface area contributed by atoms with E-state index in [0.29, 0.717) is 6.04 Å². The molecule has 3 heterocycles. The van der Waals surface area contributed by atoms with Crippen molar-refractivity contribution < 1.29 is 4.74 Å². The van der Waals surface area contributed by atoms with E-state index in [1.165, 1.54) is 6.42 Å². The minimum Gasteiger partial charge on any atom is -0.385 e. The fourth-order valence-electron chi connectivity index (χ4n) is 2.63. The largest absolute Gasteiger partial charge is 0.385 e. The van der Waals surface area contributed by atoms with Crippen molar-refractivity contribution in [2.75, 3.05) is 25.2 Å². The van der Waals surface area contributed by atoms with Crippen LogP contribution in [0.4, 0.5) is 5.82 Å². The topological polar surface area (TPSA) is 66.9 Å². The third kappa shape index (κ3) is 2.28. The maximum absolute atomic E-state index is 5.12. The van der Waals surface area contributed by atoms with Gasteiger partial charge < -0.3 is 9.64 Å².